The summed E-state index contributed by atoms with van der Waals surface area (Å²) in [6.07, 6.45) is 1.10. The van der Waals surface area contributed by atoms with Crippen molar-refractivity contribution in [2.24, 2.45) is 0 Å². The molecule has 0 aliphatic carbocycles. The minimum atomic E-state index is -3.06. The standard InChI is InChI=1S/C13H17ClN2O3S/c1-3-10-6-9(7-11(14)15-10)12(17)16-13(2)4-5-20(18,19)8-13/h6-7H,3-5,8H2,1-2H3,(H,16,17). The van der Waals surface area contributed by atoms with Gasteiger partial charge < -0.3 is 5.32 Å². The lowest BCUT2D eigenvalue weighted by Gasteiger charge is -2.24. The molecule has 0 radical (unpaired) electrons. The molecule has 1 aliphatic heterocycles. The van der Waals surface area contributed by atoms with Gasteiger partial charge in [0.05, 0.1) is 17.0 Å². The largest absolute Gasteiger partial charge is 0.346 e. The van der Waals surface area contributed by atoms with Crippen molar-refractivity contribution in [2.45, 2.75) is 32.2 Å². The Bertz CT molecular complexity index is 645. The number of nitrogens with zero attached hydrogens (tertiary/aromatic N) is 1. The fourth-order valence-electron chi connectivity index (χ4n) is 2.32. The number of rotatable bonds is 3. The summed E-state index contributed by atoms with van der Waals surface area (Å²) in [5.74, 6) is -0.227. The van der Waals surface area contributed by atoms with Crippen LogP contribution in [0.25, 0.3) is 0 Å². The fourth-order valence-corrected chi connectivity index (χ4v) is 4.64. The third kappa shape index (κ3) is 3.49. The molecule has 1 unspecified atom stereocenters. The summed E-state index contributed by atoms with van der Waals surface area (Å²) in [5.41, 5.74) is 0.428. The van der Waals surface area contributed by atoms with Crippen LogP contribution >= 0.6 is 11.6 Å². The van der Waals surface area contributed by atoms with Gasteiger partial charge in [0.1, 0.15) is 5.15 Å². The molecular weight excluding hydrogens is 300 g/mol. The first kappa shape index (κ1) is 15.3. The summed E-state index contributed by atoms with van der Waals surface area (Å²) in [6.45, 7) is 3.67. The second-order valence-corrected chi connectivity index (χ2v) is 7.95. The highest BCUT2D eigenvalue weighted by Crippen LogP contribution is 2.23. The van der Waals surface area contributed by atoms with E-state index in [0.717, 1.165) is 5.69 Å². The third-order valence-electron chi connectivity index (χ3n) is 3.39. The minimum absolute atomic E-state index is 0.0226. The highest BCUT2D eigenvalue weighted by molar-refractivity contribution is 7.91. The van der Waals surface area contributed by atoms with Crippen LogP contribution in [-0.2, 0) is 16.3 Å². The first-order valence-corrected chi connectivity index (χ1v) is 8.62. The smallest absolute Gasteiger partial charge is 0.251 e. The van der Waals surface area contributed by atoms with E-state index in [1.165, 1.54) is 6.07 Å². The van der Waals surface area contributed by atoms with Gasteiger partial charge in [0.25, 0.3) is 5.91 Å². The van der Waals surface area contributed by atoms with E-state index in [1.54, 1.807) is 13.0 Å². The maximum Gasteiger partial charge on any atom is 0.251 e. The van der Waals surface area contributed by atoms with Gasteiger partial charge in [0.2, 0.25) is 0 Å². The Morgan fingerprint density at radius 1 is 1.50 bits per heavy atom. The average molecular weight is 317 g/mol. The lowest BCUT2D eigenvalue weighted by atomic mass is 10.0. The molecule has 1 aromatic rings. The van der Waals surface area contributed by atoms with E-state index in [2.05, 4.69) is 10.3 Å². The normalized spacial score (nSPS) is 24.6. The molecule has 2 heterocycles. The fraction of sp³-hybridized carbons (Fsp3) is 0.538. The maximum absolute atomic E-state index is 12.2. The molecule has 7 heteroatoms. The van der Waals surface area contributed by atoms with Crippen molar-refractivity contribution >= 4 is 27.3 Å². The lowest BCUT2D eigenvalue weighted by Crippen LogP contribution is -2.46. The SMILES string of the molecule is CCc1cc(C(=O)NC2(C)CCS(=O)(=O)C2)cc(Cl)n1. The van der Waals surface area contributed by atoms with Crippen molar-refractivity contribution < 1.29 is 13.2 Å². The summed E-state index contributed by atoms with van der Waals surface area (Å²) in [4.78, 5) is 16.3. The van der Waals surface area contributed by atoms with Crippen molar-refractivity contribution in [3.8, 4) is 0 Å². The Kier molecular flexibility index (Phi) is 4.07. The quantitative estimate of drug-likeness (QED) is 0.859. The number of carbonyl (C=O) groups is 1. The molecule has 20 heavy (non-hydrogen) atoms. The molecule has 1 fully saturated rings. The third-order valence-corrected chi connectivity index (χ3v) is 5.49. The number of carbonyl (C=O) groups excluding carboxylic acids is 1. The molecule has 1 aliphatic rings. The van der Waals surface area contributed by atoms with E-state index >= 15 is 0 Å². The van der Waals surface area contributed by atoms with Gasteiger partial charge in [-0.2, -0.15) is 0 Å². The van der Waals surface area contributed by atoms with Crippen molar-refractivity contribution in [1.29, 1.82) is 0 Å². The van der Waals surface area contributed by atoms with Gasteiger partial charge in [-0.05, 0) is 31.9 Å². The first-order chi connectivity index (χ1) is 9.23. The van der Waals surface area contributed by atoms with Crippen LogP contribution in [0.1, 0.15) is 36.3 Å². The lowest BCUT2D eigenvalue weighted by molar-refractivity contribution is 0.0915. The molecule has 1 atom stereocenters. The highest BCUT2D eigenvalue weighted by Gasteiger charge is 2.39. The predicted octanol–water partition coefficient (Wildman–Crippen LogP) is 1.60. The summed E-state index contributed by atoms with van der Waals surface area (Å²) in [5, 5.41) is 3.06. The first-order valence-electron chi connectivity index (χ1n) is 6.42. The van der Waals surface area contributed by atoms with Crippen LogP contribution in [0.4, 0.5) is 0 Å². The zero-order chi connectivity index (χ0) is 15.0. The summed E-state index contributed by atoms with van der Waals surface area (Å²) in [6, 6.07) is 3.16. The number of aryl methyl sites for hydroxylation is 1. The van der Waals surface area contributed by atoms with E-state index in [4.69, 9.17) is 11.6 Å². The van der Waals surface area contributed by atoms with Crippen LogP contribution in [0.3, 0.4) is 0 Å². The van der Waals surface area contributed by atoms with E-state index < -0.39 is 15.4 Å². The van der Waals surface area contributed by atoms with Gasteiger partial charge in [0, 0.05) is 11.3 Å². The van der Waals surface area contributed by atoms with Crippen LogP contribution in [0.5, 0.6) is 0 Å². The topological polar surface area (TPSA) is 76.1 Å². The summed E-state index contributed by atoms with van der Waals surface area (Å²) >= 11 is 5.88. The van der Waals surface area contributed by atoms with Crippen LogP contribution < -0.4 is 5.32 Å². The number of halogens is 1. The molecule has 0 bridgehead atoms. The van der Waals surface area contributed by atoms with Gasteiger partial charge in [-0.1, -0.05) is 18.5 Å². The number of hydrogen-bond donors (Lipinski definition) is 1. The van der Waals surface area contributed by atoms with Crippen molar-refractivity contribution in [1.82, 2.24) is 10.3 Å². The predicted molar refractivity (Wildman–Crippen MR) is 77.8 cm³/mol. The molecule has 2 rings (SSSR count). The minimum Gasteiger partial charge on any atom is -0.346 e. The number of aromatic nitrogens is 1. The zero-order valence-electron chi connectivity index (χ0n) is 11.4. The van der Waals surface area contributed by atoms with Crippen LogP contribution in [0.15, 0.2) is 12.1 Å². The van der Waals surface area contributed by atoms with Crippen LogP contribution in [0, 0.1) is 0 Å². The van der Waals surface area contributed by atoms with Crippen molar-refractivity contribution in [3.63, 3.8) is 0 Å². The Hall–Kier alpha value is -1.14. The van der Waals surface area contributed by atoms with Gasteiger partial charge in [0.15, 0.2) is 9.84 Å². The number of pyridine rings is 1. The molecule has 1 N–H and O–H groups in total. The molecule has 1 aromatic heterocycles. The highest BCUT2D eigenvalue weighted by atomic mass is 35.5. The Labute approximate surface area is 123 Å². The number of nitrogens with one attached hydrogen (secondary N) is 1. The Morgan fingerprint density at radius 3 is 2.75 bits per heavy atom. The number of hydrogen-bond acceptors (Lipinski definition) is 4. The summed E-state index contributed by atoms with van der Waals surface area (Å²) in [7, 11) is -3.06. The molecule has 110 valence electrons. The van der Waals surface area contributed by atoms with Gasteiger partial charge in [-0.25, -0.2) is 13.4 Å². The van der Waals surface area contributed by atoms with E-state index in [1.807, 2.05) is 6.92 Å². The van der Waals surface area contributed by atoms with E-state index in [0.29, 0.717) is 18.4 Å². The van der Waals surface area contributed by atoms with E-state index in [-0.39, 0.29) is 22.6 Å². The molecule has 1 amide bonds. The molecule has 5 nitrogen and oxygen atoms in total. The molecule has 1 saturated heterocycles. The van der Waals surface area contributed by atoms with Gasteiger partial charge >= 0.3 is 0 Å². The average Bonchev–Trinajstić information content (AvgIpc) is 2.62. The zero-order valence-corrected chi connectivity index (χ0v) is 13.0. The monoisotopic (exact) mass is 316 g/mol. The second-order valence-electron chi connectivity index (χ2n) is 5.38. The molecule has 0 spiro atoms. The van der Waals surface area contributed by atoms with Crippen molar-refractivity contribution in [2.75, 3.05) is 11.5 Å². The number of amides is 1. The maximum atomic E-state index is 12.2. The van der Waals surface area contributed by atoms with Crippen molar-refractivity contribution in [3.05, 3.63) is 28.5 Å². The van der Waals surface area contributed by atoms with E-state index in [9.17, 15) is 13.2 Å². The van der Waals surface area contributed by atoms with Gasteiger partial charge in [-0.3, -0.25) is 4.79 Å². The van der Waals surface area contributed by atoms with Crippen LogP contribution in [0.2, 0.25) is 5.15 Å². The van der Waals surface area contributed by atoms with Crippen LogP contribution in [-0.4, -0.2) is 36.4 Å². The van der Waals surface area contributed by atoms with Gasteiger partial charge in [-0.15, -0.1) is 0 Å². The number of sulfone groups is 1. The Balaban J connectivity index is 2.19. The summed E-state index contributed by atoms with van der Waals surface area (Å²) < 4.78 is 23.1. The second kappa shape index (κ2) is 5.33. The molecular formula is C13H17ClN2O3S. The Morgan fingerprint density at radius 2 is 2.20 bits per heavy atom. The molecule has 0 aromatic carbocycles. The molecule has 0 saturated carbocycles.